The van der Waals surface area contributed by atoms with Crippen LogP contribution in [0.1, 0.15) is 36.0 Å². The molecule has 0 spiro atoms. The summed E-state index contributed by atoms with van der Waals surface area (Å²) in [6.45, 7) is 0. The number of hydrogen-bond donors (Lipinski definition) is 1. The Bertz CT molecular complexity index is 899. The van der Waals surface area contributed by atoms with Gasteiger partial charge in [-0.2, -0.15) is 0 Å². The minimum Gasteiger partial charge on any atom is -0.349 e. The number of nitrogens with one attached hydrogen (secondary N) is 1. The number of imidazole rings is 1. The number of hydrogen-bond acceptors (Lipinski definition) is 5. The molecule has 2 heterocycles. The second kappa shape index (κ2) is 7.96. The summed E-state index contributed by atoms with van der Waals surface area (Å²) in [5.74, 6) is -0.0421. The number of para-hydroxylation sites is 1. The largest absolute Gasteiger partial charge is 0.349 e. The number of aryl methyl sites for hydroxylation is 1. The minimum atomic E-state index is -0.0421. The third-order valence-corrected chi connectivity index (χ3v) is 6.31. The summed E-state index contributed by atoms with van der Waals surface area (Å²) in [5, 5.41) is 12.5. The van der Waals surface area contributed by atoms with E-state index in [0.29, 0.717) is 10.8 Å². The number of amides is 1. The van der Waals surface area contributed by atoms with Crippen molar-refractivity contribution < 1.29 is 4.79 Å². The van der Waals surface area contributed by atoms with Gasteiger partial charge in [-0.1, -0.05) is 23.9 Å². The standard InChI is InChI=1S/C19H22N6OS/c1-24-11-10-20-19(24)27-15-8-6-14(7-9-15)23-18(26)16-4-2-3-5-17(16)25-12-21-22-13-25/h2-5,10-15H,6-9H2,1H3,(H,23,26). The van der Waals surface area contributed by atoms with Crippen molar-refractivity contribution in [3.8, 4) is 5.69 Å². The van der Waals surface area contributed by atoms with Gasteiger partial charge in [0.1, 0.15) is 12.7 Å². The summed E-state index contributed by atoms with van der Waals surface area (Å²) >= 11 is 1.84. The smallest absolute Gasteiger partial charge is 0.253 e. The fourth-order valence-electron chi connectivity index (χ4n) is 3.42. The molecule has 1 saturated carbocycles. The zero-order chi connectivity index (χ0) is 18.6. The zero-order valence-corrected chi connectivity index (χ0v) is 16.0. The molecule has 1 N–H and O–H groups in total. The molecule has 7 nitrogen and oxygen atoms in total. The van der Waals surface area contributed by atoms with E-state index in [-0.39, 0.29) is 11.9 Å². The van der Waals surface area contributed by atoms with E-state index in [1.165, 1.54) is 0 Å². The van der Waals surface area contributed by atoms with E-state index >= 15 is 0 Å². The summed E-state index contributed by atoms with van der Waals surface area (Å²) in [6.07, 6.45) is 11.2. The van der Waals surface area contributed by atoms with Gasteiger partial charge in [0.25, 0.3) is 5.91 Å². The van der Waals surface area contributed by atoms with Gasteiger partial charge < -0.3 is 9.88 Å². The van der Waals surface area contributed by atoms with Crippen LogP contribution in [-0.2, 0) is 7.05 Å². The molecule has 0 saturated heterocycles. The highest BCUT2D eigenvalue weighted by Crippen LogP contribution is 2.32. The first-order valence-electron chi connectivity index (χ1n) is 9.09. The summed E-state index contributed by atoms with van der Waals surface area (Å²) in [7, 11) is 2.02. The first kappa shape index (κ1) is 17.8. The van der Waals surface area contributed by atoms with Gasteiger partial charge in [-0.15, -0.1) is 10.2 Å². The molecule has 0 radical (unpaired) electrons. The summed E-state index contributed by atoms with van der Waals surface area (Å²) in [5.41, 5.74) is 1.43. The van der Waals surface area contributed by atoms with Gasteiger partial charge in [-0.05, 0) is 37.8 Å². The number of carbonyl (C=O) groups excluding carboxylic acids is 1. The fraction of sp³-hybridized carbons (Fsp3) is 0.368. The van der Waals surface area contributed by atoms with E-state index < -0.39 is 0 Å². The van der Waals surface area contributed by atoms with E-state index in [9.17, 15) is 4.79 Å². The molecule has 1 aliphatic rings. The quantitative estimate of drug-likeness (QED) is 0.734. The van der Waals surface area contributed by atoms with Crippen molar-refractivity contribution in [3.05, 3.63) is 54.9 Å². The average molecular weight is 382 g/mol. The van der Waals surface area contributed by atoms with Crippen molar-refractivity contribution in [2.75, 3.05) is 0 Å². The summed E-state index contributed by atoms with van der Waals surface area (Å²) in [6, 6.07) is 7.74. The molecule has 4 rings (SSSR count). The van der Waals surface area contributed by atoms with Crippen LogP contribution in [0.4, 0.5) is 0 Å². The molecule has 140 valence electrons. The first-order chi connectivity index (χ1) is 13.2. The van der Waals surface area contributed by atoms with Crippen LogP contribution in [0.2, 0.25) is 0 Å². The summed E-state index contributed by atoms with van der Waals surface area (Å²) in [4.78, 5) is 17.2. The molecule has 0 bridgehead atoms. The lowest BCUT2D eigenvalue weighted by Crippen LogP contribution is -2.38. The lowest BCUT2D eigenvalue weighted by atomic mass is 9.94. The Morgan fingerprint density at radius 2 is 1.89 bits per heavy atom. The second-order valence-electron chi connectivity index (χ2n) is 6.77. The maximum atomic E-state index is 12.8. The van der Waals surface area contributed by atoms with Gasteiger partial charge in [0.2, 0.25) is 0 Å². The number of carbonyl (C=O) groups is 1. The van der Waals surface area contributed by atoms with Crippen LogP contribution in [0, 0.1) is 0 Å². The lowest BCUT2D eigenvalue weighted by molar-refractivity contribution is 0.0928. The van der Waals surface area contributed by atoms with Crippen LogP contribution < -0.4 is 5.32 Å². The average Bonchev–Trinajstić information content (AvgIpc) is 3.36. The molecule has 1 fully saturated rings. The van der Waals surface area contributed by atoms with E-state index in [2.05, 4.69) is 25.1 Å². The van der Waals surface area contributed by atoms with Gasteiger partial charge in [0.15, 0.2) is 5.16 Å². The fourth-order valence-corrected chi connectivity index (χ4v) is 4.57. The highest BCUT2D eigenvalue weighted by Gasteiger charge is 2.25. The molecule has 27 heavy (non-hydrogen) atoms. The van der Waals surface area contributed by atoms with Crippen LogP contribution in [0.25, 0.3) is 5.69 Å². The maximum absolute atomic E-state index is 12.8. The molecular weight excluding hydrogens is 360 g/mol. The van der Waals surface area contributed by atoms with Crippen molar-refractivity contribution in [2.24, 2.45) is 7.05 Å². The van der Waals surface area contributed by atoms with Crippen LogP contribution in [0.5, 0.6) is 0 Å². The Morgan fingerprint density at radius 1 is 1.15 bits per heavy atom. The van der Waals surface area contributed by atoms with E-state index in [4.69, 9.17) is 0 Å². The molecule has 2 aromatic heterocycles. The zero-order valence-electron chi connectivity index (χ0n) is 15.2. The second-order valence-corrected chi connectivity index (χ2v) is 8.04. The van der Waals surface area contributed by atoms with Crippen molar-refractivity contribution in [1.29, 1.82) is 0 Å². The Kier molecular flexibility index (Phi) is 5.24. The molecule has 3 aromatic rings. The van der Waals surface area contributed by atoms with E-state index in [1.807, 2.05) is 55.5 Å². The Hall–Kier alpha value is -2.61. The van der Waals surface area contributed by atoms with E-state index in [1.54, 1.807) is 17.2 Å². The topological polar surface area (TPSA) is 77.6 Å². The highest BCUT2D eigenvalue weighted by molar-refractivity contribution is 7.99. The van der Waals surface area contributed by atoms with E-state index in [0.717, 1.165) is 36.5 Å². The number of benzene rings is 1. The van der Waals surface area contributed by atoms with Gasteiger partial charge in [0.05, 0.1) is 11.3 Å². The van der Waals surface area contributed by atoms with Crippen molar-refractivity contribution in [1.82, 2.24) is 29.6 Å². The normalized spacial score (nSPS) is 19.7. The van der Waals surface area contributed by atoms with Crippen molar-refractivity contribution in [3.63, 3.8) is 0 Å². The van der Waals surface area contributed by atoms with Gasteiger partial charge >= 0.3 is 0 Å². The monoisotopic (exact) mass is 382 g/mol. The molecule has 0 aliphatic heterocycles. The minimum absolute atomic E-state index is 0.0421. The van der Waals surface area contributed by atoms with Crippen LogP contribution in [0.3, 0.4) is 0 Å². The maximum Gasteiger partial charge on any atom is 0.253 e. The molecular formula is C19H22N6OS. The number of nitrogens with zero attached hydrogens (tertiary/aromatic N) is 5. The lowest BCUT2D eigenvalue weighted by Gasteiger charge is -2.28. The molecule has 0 atom stereocenters. The molecule has 1 aliphatic carbocycles. The van der Waals surface area contributed by atoms with Gasteiger partial charge in [-0.3, -0.25) is 9.36 Å². The number of rotatable bonds is 5. The number of aromatic nitrogens is 5. The molecule has 8 heteroatoms. The predicted molar refractivity (Wildman–Crippen MR) is 104 cm³/mol. The van der Waals surface area contributed by atoms with Crippen molar-refractivity contribution >= 4 is 17.7 Å². The van der Waals surface area contributed by atoms with Gasteiger partial charge in [-0.25, -0.2) is 4.98 Å². The Balaban J connectivity index is 1.36. The predicted octanol–water partition coefficient (Wildman–Crippen LogP) is 2.83. The first-order valence-corrected chi connectivity index (χ1v) is 9.97. The van der Waals surface area contributed by atoms with Crippen LogP contribution in [0.15, 0.2) is 54.5 Å². The Morgan fingerprint density at radius 3 is 2.59 bits per heavy atom. The third kappa shape index (κ3) is 4.05. The van der Waals surface area contributed by atoms with Crippen LogP contribution >= 0.6 is 11.8 Å². The molecule has 1 aromatic carbocycles. The van der Waals surface area contributed by atoms with Gasteiger partial charge in [0, 0.05) is 30.7 Å². The number of thioether (sulfide) groups is 1. The summed E-state index contributed by atoms with van der Waals surface area (Å²) < 4.78 is 3.82. The third-order valence-electron chi connectivity index (χ3n) is 4.90. The SMILES string of the molecule is Cn1ccnc1SC1CCC(NC(=O)c2ccccc2-n2cnnc2)CC1. The molecule has 1 amide bonds. The van der Waals surface area contributed by atoms with Crippen LogP contribution in [-0.4, -0.2) is 41.5 Å². The van der Waals surface area contributed by atoms with Crippen molar-refractivity contribution in [2.45, 2.75) is 42.1 Å². The highest BCUT2D eigenvalue weighted by atomic mass is 32.2. The molecule has 0 unspecified atom stereocenters. The Labute approximate surface area is 162 Å².